The van der Waals surface area contributed by atoms with Crippen LogP contribution in [-0.2, 0) is 23.8 Å². The first-order chi connectivity index (χ1) is 7.36. The minimum atomic E-state index is -1.17. The van der Waals surface area contributed by atoms with Crippen LogP contribution in [0.1, 0.15) is 27.7 Å². The van der Waals surface area contributed by atoms with Gasteiger partial charge in [0, 0.05) is 13.5 Å². The third-order valence-corrected chi connectivity index (χ3v) is 2.92. The van der Waals surface area contributed by atoms with E-state index in [4.69, 9.17) is 14.2 Å². The zero-order chi connectivity index (χ0) is 12.4. The first-order valence-electron chi connectivity index (χ1n) is 5.30. The molecule has 5 heteroatoms. The number of carbonyl (C=O) groups excluding carboxylic acids is 2. The maximum atomic E-state index is 11.5. The number of ketones is 2. The highest BCUT2D eigenvalue weighted by Crippen LogP contribution is 2.32. The summed E-state index contributed by atoms with van der Waals surface area (Å²) in [6.07, 6.45) is 0. The molecule has 1 saturated heterocycles. The molecule has 1 heterocycles. The number of hydrogen-bond acceptors (Lipinski definition) is 5. The molecule has 0 unspecified atom stereocenters. The van der Waals surface area contributed by atoms with Crippen molar-refractivity contribution >= 4 is 11.6 Å². The molecule has 5 nitrogen and oxygen atoms in total. The Morgan fingerprint density at radius 2 is 1.62 bits per heavy atom. The smallest absolute Gasteiger partial charge is 0.279 e. The molecule has 0 bridgehead atoms. The van der Waals surface area contributed by atoms with E-state index in [1.54, 1.807) is 6.92 Å². The van der Waals surface area contributed by atoms with Crippen LogP contribution in [0, 0.1) is 5.41 Å². The van der Waals surface area contributed by atoms with Crippen molar-refractivity contribution in [1.82, 2.24) is 0 Å². The van der Waals surface area contributed by atoms with Crippen molar-refractivity contribution in [2.45, 2.75) is 33.7 Å². The predicted molar refractivity (Wildman–Crippen MR) is 55.7 cm³/mol. The maximum absolute atomic E-state index is 11.5. The molecule has 0 aromatic heterocycles. The van der Waals surface area contributed by atoms with E-state index in [9.17, 15) is 9.59 Å². The summed E-state index contributed by atoms with van der Waals surface area (Å²) in [6, 6.07) is 0. The molecule has 0 aromatic rings. The highest BCUT2D eigenvalue weighted by atomic mass is 16.9. The van der Waals surface area contributed by atoms with E-state index in [-0.39, 0.29) is 24.8 Å². The SMILES string of the molecule is CCOC1(C)OCC(C(C)=O)(C(C)=O)CO1. The van der Waals surface area contributed by atoms with Gasteiger partial charge in [0.15, 0.2) is 0 Å². The summed E-state index contributed by atoms with van der Waals surface area (Å²) >= 11 is 0. The van der Waals surface area contributed by atoms with Gasteiger partial charge in [-0.3, -0.25) is 9.59 Å². The molecule has 1 aliphatic rings. The van der Waals surface area contributed by atoms with Crippen molar-refractivity contribution < 1.29 is 23.8 Å². The Balaban J connectivity index is 2.78. The second-order valence-corrected chi connectivity index (χ2v) is 4.07. The lowest BCUT2D eigenvalue weighted by atomic mass is 9.81. The Bertz CT molecular complexity index is 273. The molecule has 1 rings (SSSR count). The van der Waals surface area contributed by atoms with Gasteiger partial charge < -0.3 is 14.2 Å². The van der Waals surface area contributed by atoms with Crippen molar-refractivity contribution in [2.24, 2.45) is 5.41 Å². The number of carbonyl (C=O) groups is 2. The lowest BCUT2D eigenvalue weighted by Gasteiger charge is -2.41. The quantitative estimate of drug-likeness (QED) is 0.672. The molecule has 92 valence electrons. The normalized spacial score (nSPS) is 22.8. The number of ether oxygens (including phenoxy) is 3. The zero-order valence-corrected chi connectivity index (χ0v) is 10.2. The summed E-state index contributed by atoms with van der Waals surface area (Å²) in [6.45, 7) is 6.64. The van der Waals surface area contributed by atoms with Crippen LogP contribution < -0.4 is 0 Å². The molecule has 1 fully saturated rings. The zero-order valence-electron chi connectivity index (χ0n) is 10.2. The first kappa shape index (κ1) is 13.3. The van der Waals surface area contributed by atoms with Crippen LogP contribution in [0.3, 0.4) is 0 Å². The molecular formula is C11H18O5. The fourth-order valence-corrected chi connectivity index (χ4v) is 1.59. The van der Waals surface area contributed by atoms with Crippen LogP contribution in [0.2, 0.25) is 0 Å². The van der Waals surface area contributed by atoms with E-state index in [1.165, 1.54) is 13.8 Å². The summed E-state index contributed by atoms with van der Waals surface area (Å²) in [4.78, 5) is 23.0. The van der Waals surface area contributed by atoms with E-state index in [0.717, 1.165) is 0 Å². The Labute approximate surface area is 95.0 Å². The van der Waals surface area contributed by atoms with E-state index >= 15 is 0 Å². The predicted octanol–water partition coefficient (Wildman–Crippen LogP) is 0.908. The van der Waals surface area contributed by atoms with Crippen molar-refractivity contribution in [3.63, 3.8) is 0 Å². The van der Waals surface area contributed by atoms with Crippen molar-refractivity contribution in [3.05, 3.63) is 0 Å². The van der Waals surface area contributed by atoms with Crippen molar-refractivity contribution in [2.75, 3.05) is 19.8 Å². The second kappa shape index (κ2) is 4.61. The van der Waals surface area contributed by atoms with Gasteiger partial charge in [-0.2, -0.15) is 0 Å². The third kappa shape index (κ3) is 2.31. The number of rotatable bonds is 4. The van der Waals surface area contributed by atoms with E-state index < -0.39 is 11.4 Å². The Hall–Kier alpha value is -0.780. The van der Waals surface area contributed by atoms with Gasteiger partial charge in [0.1, 0.15) is 17.0 Å². The van der Waals surface area contributed by atoms with Crippen molar-refractivity contribution in [3.8, 4) is 0 Å². The molecule has 1 aliphatic heterocycles. The minimum Gasteiger partial charge on any atom is -0.328 e. The van der Waals surface area contributed by atoms with E-state index in [0.29, 0.717) is 6.61 Å². The number of hydrogen-bond donors (Lipinski definition) is 0. The van der Waals surface area contributed by atoms with Crippen LogP contribution in [-0.4, -0.2) is 37.4 Å². The number of Topliss-reactive ketones (excluding diaryl/α,β-unsaturated/α-hetero) is 2. The first-order valence-corrected chi connectivity index (χ1v) is 5.30. The van der Waals surface area contributed by atoms with Gasteiger partial charge in [0.05, 0.1) is 13.2 Å². The fraction of sp³-hybridized carbons (Fsp3) is 0.818. The fourth-order valence-electron chi connectivity index (χ4n) is 1.59. The topological polar surface area (TPSA) is 61.8 Å². The van der Waals surface area contributed by atoms with Crippen molar-refractivity contribution in [1.29, 1.82) is 0 Å². The van der Waals surface area contributed by atoms with Crippen LogP contribution in [0.4, 0.5) is 0 Å². The monoisotopic (exact) mass is 230 g/mol. The average Bonchev–Trinajstić information content (AvgIpc) is 2.18. The molecular weight excluding hydrogens is 212 g/mol. The van der Waals surface area contributed by atoms with Gasteiger partial charge in [0.2, 0.25) is 0 Å². The summed E-state index contributed by atoms with van der Waals surface area (Å²) < 4.78 is 16.0. The summed E-state index contributed by atoms with van der Waals surface area (Å²) in [5, 5.41) is 0. The highest BCUT2D eigenvalue weighted by Gasteiger charge is 2.49. The molecule has 16 heavy (non-hydrogen) atoms. The van der Waals surface area contributed by atoms with Gasteiger partial charge in [-0.25, -0.2) is 0 Å². The lowest BCUT2D eigenvalue weighted by Crippen LogP contribution is -2.55. The standard InChI is InChI=1S/C11H18O5/c1-5-14-10(4)15-6-11(7-16-10,8(2)12)9(3)13/h5-7H2,1-4H3. The largest absolute Gasteiger partial charge is 0.328 e. The summed E-state index contributed by atoms with van der Waals surface area (Å²) in [5.74, 6) is -1.62. The maximum Gasteiger partial charge on any atom is 0.279 e. The molecule has 0 N–H and O–H groups in total. The summed E-state index contributed by atoms with van der Waals surface area (Å²) in [7, 11) is 0. The van der Waals surface area contributed by atoms with Crippen LogP contribution in [0.5, 0.6) is 0 Å². The molecule has 0 spiro atoms. The van der Waals surface area contributed by atoms with Gasteiger partial charge >= 0.3 is 0 Å². The molecule has 0 atom stereocenters. The molecule has 0 saturated carbocycles. The summed E-state index contributed by atoms with van der Waals surface area (Å²) in [5.41, 5.74) is -1.17. The average molecular weight is 230 g/mol. The van der Waals surface area contributed by atoms with Crippen LogP contribution in [0.25, 0.3) is 0 Å². The Kier molecular flexibility index (Phi) is 3.83. The Morgan fingerprint density at radius 3 is 1.94 bits per heavy atom. The van der Waals surface area contributed by atoms with Crippen LogP contribution in [0.15, 0.2) is 0 Å². The molecule has 0 radical (unpaired) electrons. The second-order valence-electron chi connectivity index (χ2n) is 4.07. The molecule has 0 aliphatic carbocycles. The van der Waals surface area contributed by atoms with Crippen LogP contribution >= 0.6 is 0 Å². The van der Waals surface area contributed by atoms with E-state index in [2.05, 4.69) is 0 Å². The minimum absolute atomic E-state index is 0.00810. The third-order valence-electron chi connectivity index (χ3n) is 2.92. The Morgan fingerprint density at radius 1 is 1.19 bits per heavy atom. The molecule has 0 amide bonds. The molecule has 0 aromatic carbocycles. The van der Waals surface area contributed by atoms with E-state index in [1.807, 2.05) is 6.92 Å². The van der Waals surface area contributed by atoms with Gasteiger partial charge in [-0.15, -0.1) is 0 Å². The van der Waals surface area contributed by atoms with Gasteiger partial charge in [-0.05, 0) is 20.8 Å². The van der Waals surface area contributed by atoms with Gasteiger partial charge in [0.25, 0.3) is 5.97 Å². The van der Waals surface area contributed by atoms with Gasteiger partial charge in [-0.1, -0.05) is 0 Å². The lowest BCUT2D eigenvalue weighted by molar-refractivity contribution is -0.400. The highest BCUT2D eigenvalue weighted by molar-refractivity contribution is 6.05.